The third-order valence-corrected chi connectivity index (χ3v) is 2.93. The molecule has 2 rings (SSSR count). The fourth-order valence-corrected chi connectivity index (χ4v) is 2.01. The first kappa shape index (κ1) is 14.9. The van der Waals surface area contributed by atoms with Crippen LogP contribution in [0.5, 0.6) is 5.75 Å². The molecule has 106 valence electrons. The first-order chi connectivity index (χ1) is 10.2. The van der Waals surface area contributed by atoms with Gasteiger partial charge in [-0.05, 0) is 23.8 Å². The smallest absolute Gasteiger partial charge is 0.231 e. The van der Waals surface area contributed by atoms with Gasteiger partial charge in [-0.2, -0.15) is 5.26 Å². The van der Waals surface area contributed by atoms with Crippen molar-refractivity contribution in [1.82, 2.24) is 0 Å². The van der Waals surface area contributed by atoms with Gasteiger partial charge in [0, 0.05) is 10.6 Å². The Hall–Kier alpha value is -2.51. The van der Waals surface area contributed by atoms with Crippen molar-refractivity contribution < 1.29 is 9.47 Å². The molecule has 0 amide bonds. The molecular formula is C16H13ClN2O2. The summed E-state index contributed by atoms with van der Waals surface area (Å²) in [6.45, 7) is 0.429. The van der Waals surface area contributed by atoms with E-state index in [0.717, 1.165) is 5.56 Å². The Bertz CT molecular complexity index is 678. The average molecular weight is 301 g/mol. The molecule has 0 fully saturated rings. The summed E-state index contributed by atoms with van der Waals surface area (Å²) in [6, 6.07) is 14.9. The third-order valence-electron chi connectivity index (χ3n) is 2.71. The molecule has 0 unspecified atom stereocenters. The van der Waals surface area contributed by atoms with Gasteiger partial charge in [0.05, 0.1) is 7.11 Å². The molecule has 0 aliphatic heterocycles. The van der Waals surface area contributed by atoms with E-state index >= 15 is 0 Å². The molecule has 2 aromatic carbocycles. The monoisotopic (exact) mass is 300 g/mol. The maximum Gasteiger partial charge on any atom is 0.231 e. The summed E-state index contributed by atoms with van der Waals surface area (Å²) >= 11 is 6.06. The van der Waals surface area contributed by atoms with Gasteiger partial charge in [0.2, 0.25) is 12.1 Å². The molecule has 0 aliphatic rings. The number of nitriles is 1. The first-order valence-corrected chi connectivity index (χ1v) is 6.59. The molecule has 0 saturated heterocycles. The number of hydrogen-bond acceptors (Lipinski definition) is 4. The number of aliphatic imine (C=N–C) groups is 1. The fraction of sp³-hybridized carbons (Fsp3) is 0.125. The van der Waals surface area contributed by atoms with Crippen LogP contribution < -0.4 is 4.74 Å². The van der Waals surface area contributed by atoms with Gasteiger partial charge in [0.25, 0.3) is 0 Å². The quantitative estimate of drug-likeness (QED) is 0.490. The van der Waals surface area contributed by atoms with E-state index in [4.69, 9.17) is 26.3 Å². The molecule has 0 bridgehead atoms. The molecule has 5 heteroatoms. The number of rotatable bonds is 4. The summed E-state index contributed by atoms with van der Waals surface area (Å²) in [5.74, 6) is 0.786. The van der Waals surface area contributed by atoms with Crippen molar-refractivity contribution >= 4 is 17.5 Å². The zero-order valence-electron chi connectivity index (χ0n) is 11.4. The van der Waals surface area contributed by atoms with Crippen LogP contribution in [0.25, 0.3) is 0 Å². The summed E-state index contributed by atoms with van der Waals surface area (Å²) in [4.78, 5) is 3.60. The standard InChI is InChI=1S/C16H13ClN2O2/c1-20-16(19-11-18)13-7-14(17)9-15(8-13)21-10-12-5-3-2-4-6-12/h2-9H,10H2,1H3/b19-16-. The van der Waals surface area contributed by atoms with Crippen LogP contribution in [0.1, 0.15) is 11.1 Å². The number of methoxy groups -OCH3 is 1. The fourth-order valence-electron chi connectivity index (χ4n) is 1.78. The van der Waals surface area contributed by atoms with Crippen LogP contribution in [0.3, 0.4) is 0 Å². The van der Waals surface area contributed by atoms with Crippen LogP contribution in [0.15, 0.2) is 53.5 Å². The van der Waals surface area contributed by atoms with E-state index in [1.54, 1.807) is 24.4 Å². The minimum absolute atomic E-state index is 0.199. The zero-order valence-corrected chi connectivity index (χ0v) is 12.2. The predicted octanol–water partition coefficient (Wildman–Crippen LogP) is 3.79. The first-order valence-electron chi connectivity index (χ1n) is 6.21. The van der Waals surface area contributed by atoms with Crippen molar-refractivity contribution in [2.75, 3.05) is 7.11 Å². The molecule has 0 saturated carbocycles. The molecule has 0 atom stereocenters. The Morgan fingerprint density at radius 3 is 2.67 bits per heavy atom. The lowest BCUT2D eigenvalue weighted by Crippen LogP contribution is -2.04. The molecule has 0 aromatic heterocycles. The van der Waals surface area contributed by atoms with E-state index in [-0.39, 0.29) is 5.90 Å². The van der Waals surface area contributed by atoms with Crippen LogP contribution >= 0.6 is 11.6 Å². The van der Waals surface area contributed by atoms with Crippen molar-refractivity contribution in [3.8, 4) is 11.9 Å². The van der Waals surface area contributed by atoms with E-state index in [1.165, 1.54) is 7.11 Å². The summed E-state index contributed by atoms with van der Waals surface area (Å²) < 4.78 is 10.8. The Labute approximate surface area is 128 Å². The van der Waals surface area contributed by atoms with Gasteiger partial charge >= 0.3 is 0 Å². The normalized spacial score (nSPS) is 10.8. The lowest BCUT2D eigenvalue weighted by atomic mass is 10.2. The Kier molecular flexibility index (Phi) is 5.19. The molecule has 2 aromatic rings. The number of halogens is 1. The predicted molar refractivity (Wildman–Crippen MR) is 81.4 cm³/mol. The number of benzene rings is 2. The largest absolute Gasteiger partial charge is 0.489 e. The van der Waals surface area contributed by atoms with Gasteiger partial charge in [0.1, 0.15) is 12.4 Å². The van der Waals surface area contributed by atoms with Gasteiger partial charge in [-0.25, -0.2) is 0 Å². The molecule has 21 heavy (non-hydrogen) atoms. The molecule has 0 aliphatic carbocycles. The maximum atomic E-state index is 8.64. The van der Waals surface area contributed by atoms with Crippen LogP contribution in [0.4, 0.5) is 0 Å². The van der Waals surface area contributed by atoms with Crippen molar-refractivity contribution in [1.29, 1.82) is 5.26 Å². The van der Waals surface area contributed by atoms with Gasteiger partial charge in [0.15, 0.2) is 0 Å². The van der Waals surface area contributed by atoms with Crippen molar-refractivity contribution in [2.24, 2.45) is 4.99 Å². The van der Waals surface area contributed by atoms with Crippen LogP contribution in [0.2, 0.25) is 5.02 Å². The van der Waals surface area contributed by atoms with E-state index < -0.39 is 0 Å². The zero-order chi connectivity index (χ0) is 15.1. The minimum Gasteiger partial charge on any atom is -0.489 e. The van der Waals surface area contributed by atoms with Gasteiger partial charge in [-0.15, -0.1) is 4.99 Å². The topological polar surface area (TPSA) is 54.6 Å². The second-order valence-corrected chi connectivity index (χ2v) is 4.61. The molecule has 4 nitrogen and oxygen atoms in total. The lowest BCUT2D eigenvalue weighted by molar-refractivity contribution is 0.306. The van der Waals surface area contributed by atoms with E-state index in [2.05, 4.69) is 4.99 Å². The summed E-state index contributed by atoms with van der Waals surface area (Å²) in [6.07, 6.45) is 1.69. The minimum atomic E-state index is 0.199. The van der Waals surface area contributed by atoms with Crippen LogP contribution in [-0.4, -0.2) is 13.0 Å². The maximum absolute atomic E-state index is 8.64. The SMILES string of the molecule is CO/C(=N\C#N)c1cc(Cl)cc(OCc2ccccc2)c1. The van der Waals surface area contributed by atoms with E-state index in [0.29, 0.717) is 22.9 Å². The van der Waals surface area contributed by atoms with Crippen molar-refractivity contribution in [3.05, 3.63) is 64.7 Å². The highest BCUT2D eigenvalue weighted by Gasteiger charge is 2.08. The Morgan fingerprint density at radius 1 is 1.24 bits per heavy atom. The van der Waals surface area contributed by atoms with Gasteiger partial charge in [-0.1, -0.05) is 41.9 Å². The number of nitrogens with zero attached hydrogens (tertiary/aromatic N) is 2. The summed E-state index contributed by atoms with van der Waals surface area (Å²) in [5.41, 5.74) is 1.64. The number of hydrogen-bond donors (Lipinski definition) is 0. The Morgan fingerprint density at radius 2 is 2.00 bits per heavy atom. The molecule has 0 radical (unpaired) electrons. The summed E-state index contributed by atoms with van der Waals surface area (Å²) in [5, 5.41) is 9.12. The molecule has 0 heterocycles. The van der Waals surface area contributed by atoms with Gasteiger partial charge in [-0.3, -0.25) is 0 Å². The van der Waals surface area contributed by atoms with Crippen LogP contribution in [-0.2, 0) is 11.3 Å². The highest BCUT2D eigenvalue weighted by Crippen LogP contribution is 2.22. The van der Waals surface area contributed by atoms with E-state index in [9.17, 15) is 0 Å². The molecule has 0 spiro atoms. The second-order valence-electron chi connectivity index (χ2n) is 4.17. The third kappa shape index (κ3) is 4.23. The average Bonchev–Trinajstić information content (AvgIpc) is 2.51. The van der Waals surface area contributed by atoms with Crippen molar-refractivity contribution in [2.45, 2.75) is 6.61 Å². The van der Waals surface area contributed by atoms with Gasteiger partial charge < -0.3 is 9.47 Å². The van der Waals surface area contributed by atoms with Crippen LogP contribution in [0, 0.1) is 11.5 Å². The molecular weight excluding hydrogens is 288 g/mol. The molecule has 0 N–H and O–H groups in total. The second kappa shape index (κ2) is 7.32. The highest BCUT2D eigenvalue weighted by atomic mass is 35.5. The van der Waals surface area contributed by atoms with E-state index in [1.807, 2.05) is 30.3 Å². The lowest BCUT2D eigenvalue weighted by Gasteiger charge is -2.09. The Balaban J connectivity index is 2.19. The van der Waals surface area contributed by atoms with Crippen molar-refractivity contribution in [3.63, 3.8) is 0 Å². The highest BCUT2D eigenvalue weighted by molar-refractivity contribution is 6.31. The number of ether oxygens (including phenoxy) is 2. The summed E-state index contributed by atoms with van der Waals surface area (Å²) in [7, 11) is 1.45.